The highest BCUT2D eigenvalue weighted by Crippen LogP contribution is 2.32. The van der Waals surface area contributed by atoms with E-state index in [0.29, 0.717) is 6.61 Å². The molecule has 1 saturated heterocycles. The van der Waals surface area contributed by atoms with Crippen molar-refractivity contribution in [2.45, 2.75) is 18.9 Å². The Morgan fingerprint density at radius 2 is 2.35 bits per heavy atom. The van der Waals surface area contributed by atoms with Gasteiger partial charge in [-0.05, 0) is 36.6 Å². The molecule has 0 bridgehead atoms. The van der Waals surface area contributed by atoms with Gasteiger partial charge in [0.25, 0.3) is 0 Å². The predicted molar refractivity (Wildman–Crippen MR) is 67.7 cm³/mol. The minimum absolute atomic E-state index is 0.0830. The van der Waals surface area contributed by atoms with Crippen LogP contribution in [-0.2, 0) is 4.74 Å². The summed E-state index contributed by atoms with van der Waals surface area (Å²) in [5.74, 6) is 5.64. The van der Waals surface area contributed by atoms with E-state index in [1.165, 1.54) is 12.1 Å². The maximum Gasteiger partial charge on any atom is 0.123 e. The summed E-state index contributed by atoms with van der Waals surface area (Å²) in [6, 6.07) is 4.57. The fraction of sp³-hybridized carbons (Fsp3) is 0.500. The van der Waals surface area contributed by atoms with Gasteiger partial charge < -0.3 is 4.74 Å². The van der Waals surface area contributed by atoms with Gasteiger partial charge in [0.15, 0.2) is 0 Å². The number of ether oxygens (including phenoxy) is 1. The van der Waals surface area contributed by atoms with Crippen LogP contribution in [0.1, 0.15) is 24.4 Å². The van der Waals surface area contributed by atoms with Crippen LogP contribution in [0.25, 0.3) is 0 Å². The Balaban J connectivity index is 2.24. The molecular formula is C12H16BrFN2O. The van der Waals surface area contributed by atoms with Crippen LogP contribution < -0.4 is 11.3 Å². The maximum absolute atomic E-state index is 13.3. The standard InChI is InChI=1S/C12H16BrFN2O/c13-11-4-3-9(14)6-10(11)12(16-15)8-2-1-5-17-7-8/h3-4,6,8,12,16H,1-2,5,7,15H2. The molecule has 1 aliphatic heterocycles. The zero-order valence-electron chi connectivity index (χ0n) is 9.46. The summed E-state index contributed by atoms with van der Waals surface area (Å²) < 4.78 is 19.6. The first-order valence-electron chi connectivity index (χ1n) is 5.71. The van der Waals surface area contributed by atoms with Crippen LogP contribution in [0.4, 0.5) is 4.39 Å². The van der Waals surface area contributed by atoms with E-state index in [9.17, 15) is 4.39 Å². The topological polar surface area (TPSA) is 47.3 Å². The zero-order chi connectivity index (χ0) is 12.3. The van der Waals surface area contributed by atoms with E-state index in [2.05, 4.69) is 21.4 Å². The van der Waals surface area contributed by atoms with E-state index in [4.69, 9.17) is 10.6 Å². The third kappa shape index (κ3) is 3.04. The van der Waals surface area contributed by atoms with Gasteiger partial charge >= 0.3 is 0 Å². The van der Waals surface area contributed by atoms with E-state index in [1.54, 1.807) is 6.07 Å². The van der Waals surface area contributed by atoms with Crippen molar-refractivity contribution in [1.82, 2.24) is 5.43 Å². The van der Waals surface area contributed by atoms with E-state index < -0.39 is 0 Å². The summed E-state index contributed by atoms with van der Waals surface area (Å²) in [6.07, 6.45) is 2.06. The van der Waals surface area contributed by atoms with Crippen LogP contribution in [0.5, 0.6) is 0 Å². The van der Waals surface area contributed by atoms with Crippen LogP contribution in [-0.4, -0.2) is 13.2 Å². The van der Waals surface area contributed by atoms with E-state index >= 15 is 0 Å². The highest BCUT2D eigenvalue weighted by molar-refractivity contribution is 9.10. The number of hydrogen-bond donors (Lipinski definition) is 2. The molecule has 0 amide bonds. The van der Waals surface area contributed by atoms with E-state index in [0.717, 1.165) is 29.5 Å². The van der Waals surface area contributed by atoms with Crippen molar-refractivity contribution in [3.63, 3.8) is 0 Å². The van der Waals surface area contributed by atoms with Crippen LogP contribution >= 0.6 is 15.9 Å². The van der Waals surface area contributed by atoms with Crippen molar-refractivity contribution >= 4 is 15.9 Å². The lowest BCUT2D eigenvalue weighted by molar-refractivity contribution is 0.0388. The van der Waals surface area contributed by atoms with Crippen LogP contribution in [0.3, 0.4) is 0 Å². The fourth-order valence-electron chi connectivity index (χ4n) is 2.26. The Hall–Kier alpha value is -0.490. The van der Waals surface area contributed by atoms with Gasteiger partial charge in [-0.2, -0.15) is 0 Å². The average Bonchev–Trinajstić information content (AvgIpc) is 2.36. The molecule has 94 valence electrons. The molecule has 3 nitrogen and oxygen atoms in total. The molecule has 1 aromatic carbocycles. The summed E-state index contributed by atoms with van der Waals surface area (Å²) in [6.45, 7) is 1.47. The second-order valence-electron chi connectivity index (χ2n) is 4.29. The van der Waals surface area contributed by atoms with Gasteiger partial charge in [0.1, 0.15) is 5.82 Å². The number of nitrogens with one attached hydrogen (secondary N) is 1. The Morgan fingerprint density at radius 3 is 3.00 bits per heavy atom. The van der Waals surface area contributed by atoms with Gasteiger partial charge in [-0.15, -0.1) is 0 Å². The fourth-order valence-corrected chi connectivity index (χ4v) is 2.75. The second kappa shape index (κ2) is 5.91. The Kier molecular flexibility index (Phi) is 4.50. The molecule has 5 heteroatoms. The SMILES string of the molecule is NNC(c1cc(F)ccc1Br)C1CCCOC1. The third-order valence-corrected chi connectivity index (χ3v) is 3.86. The first kappa shape index (κ1) is 13.0. The maximum atomic E-state index is 13.3. The molecule has 2 atom stereocenters. The van der Waals surface area contributed by atoms with Gasteiger partial charge in [-0.25, -0.2) is 4.39 Å². The molecule has 1 heterocycles. The molecule has 1 fully saturated rings. The second-order valence-corrected chi connectivity index (χ2v) is 5.14. The number of hydrazine groups is 1. The van der Waals surface area contributed by atoms with E-state index in [-0.39, 0.29) is 17.8 Å². The molecule has 0 aliphatic carbocycles. The lowest BCUT2D eigenvalue weighted by Crippen LogP contribution is -2.37. The van der Waals surface area contributed by atoms with Crippen molar-refractivity contribution < 1.29 is 9.13 Å². The summed E-state index contributed by atoms with van der Waals surface area (Å²) in [4.78, 5) is 0. The van der Waals surface area contributed by atoms with Crippen molar-refractivity contribution in [3.05, 3.63) is 34.1 Å². The summed E-state index contributed by atoms with van der Waals surface area (Å²) >= 11 is 3.44. The molecule has 3 N–H and O–H groups in total. The Labute approximate surface area is 109 Å². The molecule has 2 unspecified atom stereocenters. The third-order valence-electron chi connectivity index (χ3n) is 3.14. The number of hydrogen-bond acceptors (Lipinski definition) is 3. The summed E-state index contributed by atoms with van der Waals surface area (Å²) in [7, 11) is 0. The van der Waals surface area contributed by atoms with Crippen molar-refractivity contribution in [2.24, 2.45) is 11.8 Å². The molecule has 0 saturated carbocycles. The number of benzene rings is 1. The summed E-state index contributed by atoms with van der Waals surface area (Å²) in [5, 5.41) is 0. The van der Waals surface area contributed by atoms with Gasteiger partial charge in [0.2, 0.25) is 0 Å². The average molecular weight is 303 g/mol. The number of nitrogens with two attached hydrogens (primary N) is 1. The van der Waals surface area contributed by atoms with Crippen LogP contribution in [0.15, 0.2) is 22.7 Å². The lowest BCUT2D eigenvalue weighted by atomic mass is 9.89. The van der Waals surface area contributed by atoms with E-state index in [1.807, 2.05) is 0 Å². The van der Waals surface area contributed by atoms with Crippen molar-refractivity contribution in [3.8, 4) is 0 Å². The highest BCUT2D eigenvalue weighted by atomic mass is 79.9. The molecule has 0 aromatic heterocycles. The van der Waals surface area contributed by atoms with Gasteiger partial charge in [-0.1, -0.05) is 15.9 Å². The van der Waals surface area contributed by atoms with Gasteiger partial charge in [0.05, 0.1) is 12.6 Å². The minimum atomic E-state index is -0.250. The predicted octanol–water partition coefficient (Wildman–Crippen LogP) is 2.52. The normalized spacial score (nSPS) is 22.4. The zero-order valence-corrected chi connectivity index (χ0v) is 11.0. The van der Waals surface area contributed by atoms with Crippen molar-refractivity contribution in [1.29, 1.82) is 0 Å². The van der Waals surface area contributed by atoms with Gasteiger partial charge in [-0.3, -0.25) is 11.3 Å². The largest absolute Gasteiger partial charge is 0.381 e. The molecule has 2 rings (SSSR count). The molecule has 1 aromatic rings. The lowest BCUT2D eigenvalue weighted by Gasteiger charge is -2.30. The first-order valence-corrected chi connectivity index (χ1v) is 6.50. The first-order chi connectivity index (χ1) is 8.22. The molecule has 17 heavy (non-hydrogen) atoms. The smallest absolute Gasteiger partial charge is 0.123 e. The molecule has 0 radical (unpaired) electrons. The summed E-state index contributed by atoms with van der Waals surface area (Å²) in [5.41, 5.74) is 3.63. The number of halogens is 2. The van der Waals surface area contributed by atoms with Crippen molar-refractivity contribution in [2.75, 3.05) is 13.2 Å². The highest BCUT2D eigenvalue weighted by Gasteiger charge is 2.26. The number of rotatable bonds is 3. The monoisotopic (exact) mass is 302 g/mol. The van der Waals surface area contributed by atoms with Crippen LogP contribution in [0.2, 0.25) is 0 Å². The van der Waals surface area contributed by atoms with Crippen LogP contribution in [0, 0.1) is 11.7 Å². The minimum Gasteiger partial charge on any atom is -0.381 e. The molecule has 0 spiro atoms. The molecular weight excluding hydrogens is 287 g/mol. The molecule has 1 aliphatic rings. The quantitative estimate of drug-likeness (QED) is 0.666. The Morgan fingerprint density at radius 1 is 1.53 bits per heavy atom. The van der Waals surface area contributed by atoms with Gasteiger partial charge in [0, 0.05) is 17.0 Å². The Bertz CT molecular complexity index is 383.